The number of Topliss-reactive ketones (excluding diaryl/α,β-unsaturated/α-hetero) is 2. The van der Waals surface area contributed by atoms with Crippen molar-refractivity contribution in [2.24, 2.45) is 0 Å². The average Bonchev–Trinajstić information content (AvgIpc) is 2.84. The molecule has 1 aliphatic rings. The molecule has 164 valence electrons. The van der Waals surface area contributed by atoms with Gasteiger partial charge in [-0.05, 0) is 54.4 Å². The molecule has 0 radical (unpaired) electrons. The summed E-state index contributed by atoms with van der Waals surface area (Å²) in [6, 6.07) is 20.4. The van der Waals surface area contributed by atoms with Crippen molar-refractivity contribution in [3.05, 3.63) is 89.0 Å². The van der Waals surface area contributed by atoms with Crippen LogP contribution < -0.4 is 14.2 Å². The average molecular weight is 431 g/mol. The Morgan fingerprint density at radius 3 is 2.22 bits per heavy atom. The molecule has 0 amide bonds. The summed E-state index contributed by atoms with van der Waals surface area (Å²) in [6.45, 7) is 2.48. The van der Waals surface area contributed by atoms with Gasteiger partial charge < -0.3 is 14.2 Å². The van der Waals surface area contributed by atoms with Crippen LogP contribution in [0.3, 0.4) is 0 Å². The van der Waals surface area contributed by atoms with Crippen LogP contribution >= 0.6 is 0 Å². The number of ketones is 2. The Labute approximate surface area is 187 Å². The molecule has 0 heterocycles. The number of rotatable bonds is 7. The molecule has 0 unspecified atom stereocenters. The first kappa shape index (κ1) is 21.6. The Bertz CT molecular complexity index is 1120. The van der Waals surface area contributed by atoms with Crippen LogP contribution in [0, 0.1) is 0 Å². The van der Waals surface area contributed by atoms with Crippen molar-refractivity contribution in [3.8, 4) is 17.2 Å². The van der Waals surface area contributed by atoms with Gasteiger partial charge in [-0.2, -0.15) is 0 Å². The Hall–Kier alpha value is -3.60. The first-order valence-electron chi connectivity index (χ1n) is 10.7. The van der Waals surface area contributed by atoms with E-state index in [0.717, 1.165) is 5.56 Å². The minimum absolute atomic E-state index is 0.00875. The maximum atomic E-state index is 13.9. The van der Waals surface area contributed by atoms with E-state index in [1.54, 1.807) is 43.5 Å². The molecule has 5 heteroatoms. The zero-order valence-electron chi connectivity index (χ0n) is 18.5. The Balaban J connectivity index is 1.85. The van der Waals surface area contributed by atoms with Crippen molar-refractivity contribution < 1.29 is 23.8 Å². The highest BCUT2D eigenvalue weighted by atomic mass is 16.5. The van der Waals surface area contributed by atoms with Gasteiger partial charge in [0.15, 0.2) is 23.1 Å². The van der Waals surface area contributed by atoms with Gasteiger partial charge in [0.2, 0.25) is 0 Å². The first-order chi connectivity index (χ1) is 15.6. The number of hydrogen-bond acceptors (Lipinski definition) is 5. The molecule has 0 aromatic heterocycles. The normalized spacial score (nSPS) is 17.4. The van der Waals surface area contributed by atoms with Crippen molar-refractivity contribution in [1.29, 1.82) is 0 Å². The standard InChI is InChI=1S/C27H26O5/c1-4-32-19-12-10-18(11-13-19)27(29)26-20(17-8-6-5-7-9-17)14-23(28)21-15-24(30-2)25(31-3)16-22(21)26/h5-13,15-16,20,26H,4,14H2,1-3H3/t20-,26-/m0/s1. The zero-order chi connectivity index (χ0) is 22.7. The Morgan fingerprint density at radius 1 is 0.938 bits per heavy atom. The van der Waals surface area contributed by atoms with E-state index in [0.29, 0.717) is 40.5 Å². The lowest BCUT2D eigenvalue weighted by molar-refractivity contribution is 0.0900. The van der Waals surface area contributed by atoms with Gasteiger partial charge in [0.05, 0.1) is 26.7 Å². The van der Waals surface area contributed by atoms with Gasteiger partial charge in [0, 0.05) is 23.5 Å². The molecule has 0 aliphatic heterocycles. The second kappa shape index (κ2) is 9.27. The summed E-state index contributed by atoms with van der Waals surface area (Å²) in [5, 5.41) is 0. The molecule has 0 saturated carbocycles. The largest absolute Gasteiger partial charge is 0.494 e. The molecule has 0 bridgehead atoms. The third-order valence-electron chi connectivity index (χ3n) is 5.96. The van der Waals surface area contributed by atoms with Gasteiger partial charge in [-0.3, -0.25) is 9.59 Å². The minimum atomic E-state index is -0.525. The van der Waals surface area contributed by atoms with E-state index in [4.69, 9.17) is 14.2 Å². The lowest BCUT2D eigenvalue weighted by Crippen LogP contribution is -2.29. The van der Waals surface area contributed by atoms with Crippen LogP contribution in [0.15, 0.2) is 66.7 Å². The van der Waals surface area contributed by atoms with E-state index in [1.807, 2.05) is 37.3 Å². The molecular weight excluding hydrogens is 404 g/mol. The molecule has 5 nitrogen and oxygen atoms in total. The third kappa shape index (κ3) is 3.98. The summed E-state index contributed by atoms with van der Waals surface area (Å²) >= 11 is 0. The van der Waals surface area contributed by atoms with Crippen LogP contribution in [0.4, 0.5) is 0 Å². The van der Waals surface area contributed by atoms with E-state index >= 15 is 0 Å². The van der Waals surface area contributed by atoms with Crippen LogP contribution in [0.2, 0.25) is 0 Å². The van der Waals surface area contributed by atoms with Gasteiger partial charge in [-0.15, -0.1) is 0 Å². The molecule has 32 heavy (non-hydrogen) atoms. The number of fused-ring (bicyclic) bond motifs is 1. The van der Waals surface area contributed by atoms with Gasteiger partial charge in [0.25, 0.3) is 0 Å². The molecule has 4 rings (SSSR count). The van der Waals surface area contributed by atoms with Crippen LogP contribution in [-0.2, 0) is 0 Å². The number of hydrogen-bond donors (Lipinski definition) is 0. The third-order valence-corrected chi connectivity index (χ3v) is 5.96. The van der Waals surface area contributed by atoms with Crippen LogP contribution in [0.1, 0.15) is 57.0 Å². The molecule has 0 spiro atoms. The maximum absolute atomic E-state index is 13.9. The highest BCUT2D eigenvalue weighted by Crippen LogP contribution is 2.47. The van der Waals surface area contributed by atoms with E-state index < -0.39 is 5.92 Å². The highest BCUT2D eigenvalue weighted by molar-refractivity contribution is 6.08. The van der Waals surface area contributed by atoms with Crippen molar-refractivity contribution in [1.82, 2.24) is 0 Å². The second-order valence-electron chi connectivity index (χ2n) is 7.74. The van der Waals surface area contributed by atoms with Gasteiger partial charge in [-0.1, -0.05) is 30.3 Å². The van der Waals surface area contributed by atoms with Gasteiger partial charge in [-0.25, -0.2) is 0 Å². The van der Waals surface area contributed by atoms with E-state index in [-0.39, 0.29) is 23.9 Å². The fourth-order valence-electron chi connectivity index (χ4n) is 4.43. The van der Waals surface area contributed by atoms with Crippen molar-refractivity contribution in [2.45, 2.75) is 25.2 Å². The topological polar surface area (TPSA) is 61.8 Å². The van der Waals surface area contributed by atoms with Crippen LogP contribution in [-0.4, -0.2) is 32.4 Å². The summed E-state index contributed by atoms with van der Waals surface area (Å²) in [4.78, 5) is 27.0. The molecule has 3 aromatic carbocycles. The quantitative estimate of drug-likeness (QED) is 0.467. The molecular formula is C27H26O5. The predicted octanol–water partition coefficient (Wildman–Crippen LogP) is 5.44. The maximum Gasteiger partial charge on any atom is 0.170 e. The fourth-order valence-corrected chi connectivity index (χ4v) is 4.43. The number of ether oxygens (including phenoxy) is 3. The van der Waals surface area contributed by atoms with E-state index in [9.17, 15) is 9.59 Å². The van der Waals surface area contributed by atoms with Crippen molar-refractivity contribution in [3.63, 3.8) is 0 Å². The summed E-state index contributed by atoms with van der Waals surface area (Å²) in [7, 11) is 3.08. The molecule has 0 saturated heterocycles. The van der Waals surface area contributed by atoms with E-state index in [1.165, 1.54) is 7.11 Å². The lowest BCUT2D eigenvalue weighted by Gasteiger charge is -2.33. The van der Waals surface area contributed by atoms with Crippen molar-refractivity contribution >= 4 is 11.6 Å². The van der Waals surface area contributed by atoms with Crippen molar-refractivity contribution in [2.75, 3.05) is 20.8 Å². The SMILES string of the molecule is CCOc1ccc(C(=O)[C@@H]2c3cc(OC)c(OC)cc3C(=O)C[C@H]2c2ccccc2)cc1. The zero-order valence-corrected chi connectivity index (χ0v) is 18.5. The monoisotopic (exact) mass is 430 g/mol. The Morgan fingerprint density at radius 2 is 1.59 bits per heavy atom. The smallest absolute Gasteiger partial charge is 0.170 e. The number of carbonyl (C=O) groups is 2. The lowest BCUT2D eigenvalue weighted by atomic mass is 9.68. The Kier molecular flexibility index (Phi) is 6.26. The first-order valence-corrected chi connectivity index (χ1v) is 10.7. The number of methoxy groups -OCH3 is 2. The summed E-state index contributed by atoms with van der Waals surface area (Å²) < 4.78 is 16.4. The second-order valence-corrected chi connectivity index (χ2v) is 7.74. The van der Waals surface area contributed by atoms with Crippen LogP contribution in [0.25, 0.3) is 0 Å². The molecule has 2 atom stereocenters. The van der Waals surface area contributed by atoms with Crippen LogP contribution in [0.5, 0.6) is 17.2 Å². The predicted molar refractivity (Wildman–Crippen MR) is 122 cm³/mol. The minimum Gasteiger partial charge on any atom is -0.494 e. The van der Waals surface area contributed by atoms with Gasteiger partial charge >= 0.3 is 0 Å². The molecule has 1 aliphatic carbocycles. The molecule has 0 N–H and O–H groups in total. The van der Waals surface area contributed by atoms with E-state index in [2.05, 4.69) is 0 Å². The molecule has 3 aromatic rings. The fraction of sp³-hybridized carbons (Fsp3) is 0.259. The number of carbonyl (C=O) groups excluding carboxylic acids is 2. The van der Waals surface area contributed by atoms with Gasteiger partial charge in [0.1, 0.15) is 5.75 Å². The molecule has 0 fully saturated rings. The number of benzene rings is 3. The summed E-state index contributed by atoms with van der Waals surface area (Å²) in [6.07, 6.45) is 0.250. The summed E-state index contributed by atoms with van der Waals surface area (Å²) in [5.74, 6) is 0.848. The summed E-state index contributed by atoms with van der Waals surface area (Å²) in [5.41, 5.74) is 2.73. The highest BCUT2D eigenvalue weighted by Gasteiger charge is 2.40.